The average Bonchev–Trinajstić information content (AvgIpc) is 3.36. The maximum atomic E-state index is 12.9. The lowest BCUT2D eigenvalue weighted by Gasteiger charge is -2.31. The first-order valence-corrected chi connectivity index (χ1v) is 10.2. The van der Waals surface area contributed by atoms with E-state index in [0.29, 0.717) is 19.1 Å². The lowest BCUT2D eigenvalue weighted by Crippen LogP contribution is -2.40. The van der Waals surface area contributed by atoms with Crippen LogP contribution in [0.2, 0.25) is 0 Å². The van der Waals surface area contributed by atoms with Crippen molar-refractivity contribution in [1.29, 1.82) is 0 Å². The Morgan fingerprint density at radius 2 is 1.96 bits per heavy atom. The van der Waals surface area contributed by atoms with Gasteiger partial charge in [0.2, 0.25) is 5.91 Å². The number of aromatic nitrogens is 3. The van der Waals surface area contributed by atoms with Gasteiger partial charge in [0.25, 0.3) is 0 Å². The molecule has 3 aliphatic rings. The highest BCUT2D eigenvalue weighted by Crippen LogP contribution is 2.40. The van der Waals surface area contributed by atoms with Gasteiger partial charge >= 0.3 is 0 Å². The van der Waals surface area contributed by atoms with Crippen LogP contribution in [0.5, 0.6) is 0 Å². The minimum atomic E-state index is -0.0624. The Morgan fingerprint density at radius 1 is 1.23 bits per heavy atom. The van der Waals surface area contributed by atoms with Gasteiger partial charge < -0.3 is 10.1 Å². The van der Waals surface area contributed by atoms with Gasteiger partial charge in [-0.05, 0) is 51.5 Å². The Balaban J connectivity index is 1.51. The van der Waals surface area contributed by atoms with Crippen molar-refractivity contribution in [2.45, 2.75) is 69.5 Å². The SMILES string of the molecule is CNC1(n2cc(C(NC(=O)C3CCOCC3)C3CCCCC3)nn2)CC1. The quantitative estimate of drug-likeness (QED) is 0.811. The maximum Gasteiger partial charge on any atom is 0.223 e. The summed E-state index contributed by atoms with van der Waals surface area (Å²) in [5.74, 6) is 0.688. The van der Waals surface area contributed by atoms with Crippen molar-refractivity contribution >= 4 is 5.91 Å². The van der Waals surface area contributed by atoms with Crippen LogP contribution in [0.3, 0.4) is 0 Å². The molecule has 3 fully saturated rings. The van der Waals surface area contributed by atoms with E-state index in [1.165, 1.54) is 19.3 Å². The minimum absolute atomic E-state index is 0.0212. The van der Waals surface area contributed by atoms with E-state index in [1.807, 2.05) is 17.9 Å². The predicted molar refractivity (Wildman–Crippen MR) is 97.3 cm³/mol. The third kappa shape index (κ3) is 3.64. The molecule has 144 valence electrons. The molecule has 1 aromatic rings. The fraction of sp³-hybridized carbons (Fsp3) is 0.842. The maximum absolute atomic E-state index is 12.9. The molecule has 1 atom stereocenters. The summed E-state index contributed by atoms with van der Waals surface area (Å²) in [6.45, 7) is 1.38. The molecule has 0 spiro atoms. The van der Waals surface area contributed by atoms with Crippen molar-refractivity contribution < 1.29 is 9.53 Å². The van der Waals surface area contributed by atoms with E-state index in [-0.39, 0.29) is 23.5 Å². The van der Waals surface area contributed by atoms with E-state index < -0.39 is 0 Å². The number of carbonyl (C=O) groups is 1. The lowest BCUT2D eigenvalue weighted by molar-refractivity contribution is -0.129. The van der Waals surface area contributed by atoms with Crippen molar-refractivity contribution in [3.05, 3.63) is 11.9 Å². The number of carbonyl (C=O) groups excluding carboxylic acids is 1. The van der Waals surface area contributed by atoms with Crippen LogP contribution in [0.15, 0.2) is 6.20 Å². The first kappa shape index (κ1) is 17.9. The second kappa shape index (κ2) is 7.64. The fourth-order valence-corrected chi connectivity index (χ4v) is 4.47. The normalized spacial score (nSPS) is 25.0. The Kier molecular flexibility index (Phi) is 5.27. The third-order valence-corrected chi connectivity index (χ3v) is 6.47. The molecule has 1 saturated heterocycles. The van der Waals surface area contributed by atoms with E-state index in [4.69, 9.17) is 4.74 Å². The molecule has 2 N–H and O–H groups in total. The molecule has 2 saturated carbocycles. The molecule has 1 aliphatic heterocycles. The van der Waals surface area contributed by atoms with Gasteiger partial charge in [0.1, 0.15) is 11.4 Å². The van der Waals surface area contributed by atoms with Gasteiger partial charge in [-0.2, -0.15) is 0 Å². The molecule has 7 heteroatoms. The molecule has 2 aliphatic carbocycles. The van der Waals surface area contributed by atoms with Crippen molar-refractivity contribution in [1.82, 2.24) is 25.6 Å². The van der Waals surface area contributed by atoms with Gasteiger partial charge in [-0.1, -0.05) is 24.5 Å². The highest BCUT2D eigenvalue weighted by molar-refractivity contribution is 5.79. The van der Waals surface area contributed by atoms with Gasteiger partial charge in [0, 0.05) is 19.1 Å². The topological polar surface area (TPSA) is 81.1 Å². The summed E-state index contributed by atoms with van der Waals surface area (Å²) in [5, 5.41) is 15.6. The highest BCUT2D eigenvalue weighted by Gasteiger charge is 2.45. The van der Waals surface area contributed by atoms with E-state index in [1.54, 1.807) is 0 Å². The first-order valence-electron chi connectivity index (χ1n) is 10.2. The molecular formula is C19H31N5O2. The second-order valence-corrected chi connectivity index (χ2v) is 8.14. The van der Waals surface area contributed by atoms with Crippen LogP contribution in [0.1, 0.15) is 69.5 Å². The number of hydrogen-bond donors (Lipinski definition) is 2. The Morgan fingerprint density at radius 3 is 2.62 bits per heavy atom. The molecule has 1 aromatic heterocycles. The first-order chi connectivity index (χ1) is 12.7. The summed E-state index contributed by atoms with van der Waals surface area (Å²) >= 11 is 0. The van der Waals surface area contributed by atoms with Crippen molar-refractivity contribution in [2.24, 2.45) is 11.8 Å². The van der Waals surface area contributed by atoms with E-state index in [0.717, 1.165) is 44.2 Å². The number of nitrogens with one attached hydrogen (secondary N) is 2. The average molecular weight is 361 g/mol. The van der Waals surface area contributed by atoms with Gasteiger partial charge in [-0.3, -0.25) is 10.1 Å². The zero-order chi connectivity index (χ0) is 18.0. The monoisotopic (exact) mass is 361 g/mol. The van der Waals surface area contributed by atoms with Gasteiger partial charge in [0.05, 0.1) is 12.2 Å². The zero-order valence-electron chi connectivity index (χ0n) is 15.7. The van der Waals surface area contributed by atoms with E-state index >= 15 is 0 Å². The molecule has 7 nitrogen and oxygen atoms in total. The molecule has 0 radical (unpaired) electrons. The van der Waals surface area contributed by atoms with Crippen molar-refractivity contribution in [3.8, 4) is 0 Å². The molecule has 4 rings (SSSR count). The minimum Gasteiger partial charge on any atom is -0.381 e. The van der Waals surface area contributed by atoms with Crippen LogP contribution in [0.25, 0.3) is 0 Å². The number of amides is 1. The molecule has 26 heavy (non-hydrogen) atoms. The van der Waals surface area contributed by atoms with Crippen LogP contribution >= 0.6 is 0 Å². The zero-order valence-corrected chi connectivity index (χ0v) is 15.7. The summed E-state index contributed by atoms with van der Waals surface area (Å²) in [4.78, 5) is 12.9. The van der Waals surface area contributed by atoms with E-state index in [2.05, 4.69) is 20.9 Å². The summed E-state index contributed by atoms with van der Waals surface area (Å²) in [6, 6.07) is -0.0212. The predicted octanol–water partition coefficient (Wildman–Crippen LogP) is 2.11. The van der Waals surface area contributed by atoms with E-state index in [9.17, 15) is 4.79 Å². The third-order valence-electron chi connectivity index (χ3n) is 6.47. The van der Waals surface area contributed by atoms with Crippen molar-refractivity contribution in [2.75, 3.05) is 20.3 Å². The summed E-state index contributed by atoms with van der Waals surface area (Å²) in [5.41, 5.74) is 0.853. The molecule has 2 heterocycles. The van der Waals surface area contributed by atoms with Gasteiger partial charge in [-0.25, -0.2) is 4.68 Å². The van der Waals surface area contributed by atoms with Gasteiger partial charge in [0.15, 0.2) is 0 Å². The van der Waals surface area contributed by atoms with Crippen LogP contribution in [-0.2, 0) is 15.2 Å². The fourth-order valence-electron chi connectivity index (χ4n) is 4.47. The summed E-state index contributed by atoms with van der Waals surface area (Å²) in [7, 11) is 1.97. The second-order valence-electron chi connectivity index (χ2n) is 8.14. The molecule has 0 bridgehead atoms. The van der Waals surface area contributed by atoms with Crippen molar-refractivity contribution in [3.63, 3.8) is 0 Å². The smallest absolute Gasteiger partial charge is 0.223 e. The Labute approximate surface area is 155 Å². The molecule has 1 unspecified atom stereocenters. The molecule has 0 aromatic carbocycles. The van der Waals surface area contributed by atoms with Crippen LogP contribution in [-0.4, -0.2) is 41.2 Å². The lowest BCUT2D eigenvalue weighted by atomic mass is 9.82. The highest BCUT2D eigenvalue weighted by atomic mass is 16.5. The summed E-state index contributed by atoms with van der Waals surface area (Å²) in [6.07, 6.45) is 11.9. The number of ether oxygens (including phenoxy) is 1. The Bertz CT molecular complexity index is 615. The standard InChI is InChI=1S/C19H31N5O2/c1-20-19(9-10-19)24-13-16(22-23-24)17(14-5-3-2-4-6-14)21-18(25)15-7-11-26-12-8-15/h13-15,17,20H,2-12H2,1H3,(H,21,25). The Hall–Kier alpha value is -1.47. The molecule has 1 amide bonds. The molecular weight excluding hydrogens is 330 g/mol. The van der Waals surface area contributed by atoms with Crippen LogP contribution in [0, 0.1) is 11.8 Å². The van der Waals surface area contributed by atoms with Crippen LogP contribution in [0.4, 0.5) is 0 Å². The summed E-state index contributed by atoms with van der Waals surface area (Å²) < 4.78 is 7.36. The van der Waals surface area contributed by atoms with Crippen LogP contribution < -0.4 is 10.6 Å². The number of nitrogens with zero attached hydrogens (tertiary/aromatic N) is 3. The largest absolute Gasteiger partial charge is 0.381 e. The van der Waals surface area contributed by atoms with Gasteiger partial charge in [-0.15, -0.1) is 5.10 Å². The number of hydrogen-bond acceptors (Lipinski definition) is 5. The number of rotatable bonds is 6.